The van der Waals surface area contributed by atoms with Gasteiger partial charge in [0.05, 0.1) is 28.4 Å². The molecule has 0 fully saturated rings. The summed E-state index contributed by atoms with van der Waals surface area (Å²) in [7, 11) is 6.72. The number of hydrogen-bond donors (Lipinski definition) is 0. The van der Waals surface area contributed by atoms with Crippen LogP contribution in [0.1, 0.15) is 0 Å². The van der Waals surface area contributed by atoms with Crippen LogP contribution in [0.25, 0.3) is 33.4 Å². The van der Waals surface area contributed by atoms with Crippen molar-refractivity contribution in [3.05, 3.63) is 84.9 Å². The van der Waals surface area contributed by atoms with Gasteiger partial charge in [-0.1, -0.05) is 54.6 Å². The summed E-state index contributed by atoms with van der Waals surface area (Å²) in [5.41, 5.74) is 6.08. The normalized spacial score (nSPS) is 10.5. The van der Waals surface area contributed by atoms with Crippen molar-refractivity contribution in [2.45, 2.75) is 0 Å². The molecule has 0 aromatic heterocycles. The lowest BCUT2D eigenvalue weighted by Gasteiger charge is -2.15. The van der Waals surface area contributed by atoms with E-state index in [1.807, 2.05) is 60.7 Å². The van der Waals surface area contributed by atoms with Crippen molar-refractivity contribution < 1.29 is 18.9 Å². The fourth-order valence-electron chi connectivity index (χ4n) is 3.87. The largest absolute Gasteiger partial charge is 0.497 e. The van der Waals surface area contributed by atoms with Crippen molar-refractivity contribution in [3.8, 4) is 56.4 Å². The van der Waals surface area contributed by atoms with E-state index in [2.05, 4.69) is 24.3 Å². The molecule has 0 saturated carbocycles. The van der Waals surface area contributed by atoms with Crippen LogP contribution in [0, 0.1) is 0 Å². The monoisotopic (exact) mass is 426 g/mol. The zero-order valence-corrected chi connectivity index (χ0v) is 18.7. The van der Waals surface area contributed by atoms with Crippen LogP contribution in [-0.2, 0) is 0 Å². The maximum absolute atomic E-state index is 5.76. The Morgan fingerprint density at radius 2 is 0.938 bits per heavy atom. The highest BCUT2D eigenvalue weighted by Crippen LogP contribution is 2.40. The summed E-state index contributed by atoms with van der Waals surface area (Å²) < 4.78 is 22.4. The molecule has 0 bridgehead atoms. The highest BCUT2D eigenvalue weighted by Gasteiger charge is 2.14. The van der Waals surface area contributed by atoms with E-state index in [0.29, 0.717) is 0 Å². The summed E-state index contributed by atoms with van der Waals surface area (Å²) >= 11 is 0. The topological polar surface area (TPSA) is 36.9 Å². The summed E-state index contributed by atoms with van der Waals surface area (Å²) in [5, 5.41) is 0. The molecule has 0 aliphatic rings. The third-order valence-corrected chi connectivity index (χ3v) is 5.51. The molecule has 4 heteroatoms. The van der Waals surface area contributed by atoms with Crippen LogP contribution in [0.2, 0.25) is 0 Å². The molecule has 0 unspecified atom stereocenters. The Balaban J connectivity index is 1.76. The van der Waals surface area contributed by atoms with E-state index in [0.717, 1.165) is 56.4 Å². The summed E-state index contributed by atoms with van der Waals surface area (Å²) in [5.74, 6) is 3.20. The van der Waals surface area contributed by atoms with Crippen LogP contribution >= 0.6 is 0 Å². The highest BCUT2D eigenvalue weighted by molar-refractivity contribution is 5.82. The maximum Gasteiger partial charge on any atom is 0.127 e. The smallest absolute Gasteiger partial charge is 0.127 e. The molecule has 0 atom stereocenters. The van der Waals surface area contributed by atoms with E-state index < -0.39 is 0 Å². The molecule has 4 aromatic rings. The van der Waals surface area contributed by atoms with E-state index in [1.54, 1.807) is 28.4 Å². The molecule has 162 valence electrons. The van der Waals surface area contributed by atoms with Gasteiger partial charge in [0, 0.05) is 16.7 Å². The quantitative estimate of drug-likeness (QED) is 0.329. The molecule has 32 heavy (non-hydrogen) atoms. The molecular weight excluding hydrogens is 400 g/mol. The van der Waals surface area contributed by atoms with E-state index in [1.165, 1.54) is 0 Å². The van der Waals surface area contributed by atoms with Crippen LogP contribution in [0.5, 0.6) is 23.0 Å². The van der Waals surface area contributed by atoms with Crippen LogP contribution in [0.3, 0.4) is 0 Å². The zero-order valence-electron chi connectivity index (χ0n) is 18.7. The van der Waals surface area contributed by atoms with Gasteiger partial charge in [-0.05, 0) is 47.0 Å². The molecule has 0 N–H and O–H groups in total. The van der Waals surface area contributed by atoms with E-state index in [-0.39, 0.29) is 0 Å². The lowest BCUT2D eigenvalue weighted by atomic mass is 9.96. The maximum atomic E-state index is 5.76. The Kier molecular flexibility index (Phi) is 6.31. The molecule has 0 aliphatic heterocycles. The summed E-state index contributed by atoms with van der Waals surface area (Å²) in [6.45, 7) is 0. The second-order valence-electron chi connectivity index (χ2n) is 7.26. The van der Waals surface area contributed by atoms with Crippen LogP contribution < -0.4 is 18.9 Å². The third kappa shape index (κ3) is 4.12. The number of benzene rings is 4. The minimum absolute atomic E-state index is 0.782. The Hall–Kier alpha value is -3.92. The fraction of sp³-hybridized carbons (Fsp3) is 0.143. The van der Waals surface area contributed by atoms with Crippen molar-refractivity contribution in [2.75, 3.05) is 28.4 Å². The van der Waals surface area contributed by atoms with Gasteiger partial charge in [0.1, 0.15) is 23.0 Å². The van der Waals surface area contributed by atoms with Gasteiger partial charge in [0.2, 0.25) is 0 Å². The molecule has 0 radical (unpaired) electrons. The van der Waals surface area contributed by atoms with Gasteiger partial charge < -0.3 is 18.9 Å². The number of hydrogen-bond acceptors (Lipinski definition) is 4. The highest BCUT2D eigenvalue weighted by atomic mass is 16.5. The van der Waals surface area contributed by atoms with Crippen molar-refractivity contribution >= 4 is 0 Å². The van der Waals surface area contributed by atoms with Gasteiger partial charge in [0.15, 0.2) is 0 Å². The van der Waals surface area contributed by atoms with Gasteiger partial charge in [-0.15, -0.1) is 0 Å². The van der Waals surface area contributed by atoms with Crippen molar-refractivity contribution in [3.63, 3.8) is 0 Å². The van der Waals surface area contributed by atoms with Gasteiger partial charge in [-0.3, -0.25) is 0 Å². The Morgan fingerprint density at radius 1 is 0.406 bits per heavy atom. The second-order valence-corrected chi connectivity index (χ2v) is 7.26. The van der Waals surface area contributed by atoms with Crippen molar-refractivity contribution in [1.82, 2.24) is 0 Å². The molecule has 4 nitrogen and oxygen atoms in total. The lowest BCUT2D eigenvalue weighted by molar-refractivity contribution is 0.413. The fourth-order valence-corrected chi connectivity index (χ4v) is 3.87. The first kappa shape index (κ1) is 21.3. The SMILES string of the molecule is COc1cccc(-c2ccc(-c3ccc(-c4ccccc4OC)cc3OC)cc2OC)c1. The Morgan fingerprint density at radius 3 is 1.50 bits per heavy atom. The average Bonchev–Trinajstić information content (AvgIpc) is 2.87. The van der Waals surface area contributed by atoms with Crippen LogP contribution in [0.4, 0.5) is 0 Å². The van der Waals surface area contributed by atoms with E-state index in [4.69, 9.17) is 18.9 Å². The number of methoxy groups -OCH3 is 4. The lowest BCUT2D eigenvalue weighted by Crippen LogP contribution is -1.93. The first-order valence-corrected chi connectivity index (χ1v) is 10.3. The molecule has 0 amide bonds. The Labute approximate surface area is 189 Å². The van der Waals surface area contributed by atoms with Gasteiger partial charge >= 0.3 is 0 Å². The molecule has 4 rings (SSSR count). The van der Waals surface area contributed by atoms with E-state index >= 15 is 0 Å². The third-order valence-electron chi connectivity index (χ3n) is 5.51. The summed E-state index contributed by atoms with van der Waals surface area (Å²) in [6.07, 6.45) is 0. The number of ether oxygens (including phenoxy) is 4. The predicted octanol–water partition coefficient (Wildman–Crippen LogP) is 6.72. The molecule has 0 heterocycles. The van der Waals surface area contributed by atoms with Gasteiger partial charge in [-0.2, -0.15) is 0 Å². The predicted molar refractivity (Wildman–Crippen MR) is 129 cm³/mol. The Bertz CT molecular complexity index is 1230. The zero-order chi connectivity index (χ0) is 22.5. The van der Waals surface area contributed by atoms with E-state index in [9.17, 15) is 0 Å². The molecule has 0 spiro atoms. The minimum atomic E-state index is 0.782. The summed E-state index contributed by atoms with van der Waals surface area (Å²) in [6, 6.07) is 28.3. The van der Waals surface area contributed by atoms with Crippen LogP contribution in [-0.4, -0.2) is 28.4 Å². The van der Waals surface area contributed by atoms with Crippen molar-refractivity contribution in [2.24, 2.45) is 0 Å². The standard InChI is InChI=1S/C28H26O4/c1-29-22-9-7-8-19(16-22)24-14-13-21(18-27(24)31-3)25-15-12-20(17-28(25)32-4)23-10-5-6-11-26(23)30-2/h5-18H,1-4H3. The second kappa shape index (κ2) is 9.48. The van der Waals surface area contributed by atoms with Gasteiger partial charge in [0.25, 0.3) is 0 Å². The summed E-state index contributed by atoms with van der Waals surface area (Å²) in [4.78, 5) is 0. The van der Waals surface area contributed by atoms with Crippen molar-refractivity contribution in [1.29, 1.82) is 0 Å². The average molecular weight is 427 g/mol. The van der Waals surface area contributed by atoms with Gasteiger partial charge in [-0.25, -0.2) is 0 Å². The molecule has 4 aromatic carbocycles. The van der Waals surface area contributed by atoms with Crippen LogP contribution in [0.15, 0.2) is 84.9 Å². The molecule has 0 aliphatic carbocycles. The molecular formula is C28H26O4. The number of para-hydroxylation sites is 1. The first-order valence-electron chi connectivity index (χ1n) is 10.3. The number of rotatable bonds is 7. The molecule has 0 saturated heterocycles. The minimum Gasteiger partial charge on any atom is -0.497 e. The first-order chi connectivity index (χ1) is 15.7.